The molecule has 9 heteroatoms. The van der Waals surface area contributed by atoms with Gasteiger partial charge in [-0.2, -0.15) is 0 Å². The van der Waals surface area contributed by atoms with Gasteiger partial charge in [0.1, 0.15) is 0 Å². The summed E-state index contributed by atoms with van der Waals surface area (Å²) in [5, 5.41) is 9.25. The van der Waals surface area contributed by atoms with Crippen LogP contribution in [0.15, 0.2) is 35.5 Å². The molecule has 0 N–H and O–H groups in total. The zero-order chi connectivity index (χ0) is 21.1. The van der Waals surface area contributed by atoms with Crippen LogP contribution in [0.5, 0.6) is 0 Å². The molecule has 2 aromatic heterocycles. The quantitative estimate of drug-likeness (QED) is 0.460. The van der Waals surface area contributed by atoms with E-state index >= 15 is 0 Å². The Kier molecular flexibility index (Phi) is 6.10. The van der Waals surface area contributed by atoms with Crippen LogP contribution in [0.3, 0.4) is 0 Å². The molecule has 1 saturated heterocycles. The van der Waals surface area contributed by atoms with E-state index in [1.807, 2.05) is 51.1 Å². The van der Waals surface area contributed by atoms with Gasteiger partial charge in [-0.3, -0.25) is 4.79 Å². The molecule has 0 unspecified atom stereocenters. The normalized spacial score (nSPS) is 14.2. The molecule has 30 heavy (non-hydrogen) atoms. The van der Waals surface area contributed by atoms with E-state index in [-0.39, 0.29) is 5.91 Å². The maximum atomic E-state index is 13.2. The molecular formula is C21H24N6O2S. The minimum Gasteiger partial charge on any atom is -0.378 e. The topological polar surface area (TPSA) is 86.0 Å². The van der Waals surface area contributed by atoms with Crippen molar-refractivity contribution in [2.75, 3.05) is 26.3 Å². The highest BCUT2D eigenvalue weighted by Crippen LogP contribution is 2.24. The van der Waals surface area contributed by atoms with E-state index in [0.717, 1.165) is 28.3 Å². The van der Waals surface area contributed by atoms with Crippen molar-refractivity contribution in [2.45, 2.75) is 31.7 Å². The molecule has 1 aliphatic heterocycles. The number of aryl methyl sites for hydroxylation is 3. The predicted molar refractivity (Wildman–Crippen MR) is 114 cm³/mol. The molecule has 4 rings (SSSR count). The summed E-state index contributed by atoms with van der Waals surface area (Å²) in [6.45, 7) is 8.13. The summed E-state index contributed by atoms with van der Waals surface area (Å²) in [4.78, 5) is 23.9. The van der Waals surface area contributed by atoms with Crippen LogP contribution in [0.4, 0.5) is 0 Å². The number of aromatic nitrogens is 5. The third kappa shape index (κ3) is 4.52. The summed E-state index contributed by atoms with van der Waals surface area (Å²) in [6, 6.07) is 9.94. The highest BCUT2D eigenvalue weighted by molar-refractivity contribution is 7.98. The lowest BCUT2D eigenvalue weighted by atomic mass is 10.2. The van der Waals surface area contributed by atoms with Crippen molar-refractivity contribution in [1.29, 1.82) is 0 Å². The summed E-state index contributed by atoms with van der Waals surface area (Å²) in [5.41, 5.74) is 4.96. The molecule has 0 radical (unpaired) electrons. The number of hydrogen-bond acceptors (Lipinski definition) is 7. The van der Waals surface area contributed by atoms with Crippen molar-refractivity contribution in [3.63, 3.8) is 0 Å². The Morgan fingerprint density at radius 2 is 1.73 bits per heavy atom. The molecule has 1 aliphatic rings. The van der Waals surface area contributed by atoms with Crippen molar-refractivity contribution >= 4 is 17.7 Å². The van der Waals surface area contributed by atoms with E-state index in [9.17, 15) is 4.79 Å². The number of benzene rings is 1. The molecule has 156 valence electrons. The van der Waals surface area contributed by atoms with Crippen LogP contribution in [0.1, 0.15) is 33.1 Å². The summed E-state index contributed by atoms with van der Waals surface area (Å²) >= 11 is 1.48. The molecular weight excluding hydrogens is 400 g/mol. The molecule has 3 heterocycles. The molecule has 1 fully saturated rings. The maximum Gasteiger partial charge on any atom is 0.276 e. The van der Waals surface area contributed by atoms with Gasteiger partial charge >= 0.3 is 0 Å². The average molecular weight is 425 g/mol. The SMILES string of the molecule is Cc1ccc(-n2nnc(C(=O)N3CCOCC3)c2CSc2nc(C)cc(C)n2)cc1. The molecule has 0 bridgehead atoms. The van der Waals surface area contributed by atoms with Crippen molar-refractivity contribution in [3.8, 4) is 5.69 Å². The molecule has 1 aromatic carbocycles. The lowest BCUT2D eigenvalue weighted by molar-refractivity contribution is 0.0298. The van der Waals surface area contributed by atoms with Gasteiger partial charge in [-0.15, -0.1) is 5.10 Å². The van der Waals surface area contributed by atoms with Crippen molar-refractivity contribution < 1.29 is 9.53 Å². The van der Waals surface area contributed by atoms with E-state index in [1.165, 1.54) is 11.8 Å². The molecule has 0 atom stereocenters. The number of carbonyl (C=O) groups excluding carboxylic acids is 1. The number of nitrogens with zero attached hydrogens (tertiary/aromatic N) is 6. The number of morpholine rings is 1. The number of amides is 1. The second-order valence-corrected chi connectivity index (χ2v) is 8.20. The average Bonchev–Trinajstić information content (AvgIpc) is 3.16. The standard InChI is InChI=1S/C21H24N6O2S/c1-14-4-6-17(7-5-14)27-18(13-30-21-22-15(2)12-16(3)23-21)19(24-25-27)20(28)26-8-10-29-11-9-26/h4-7,12H,8-11,13H2,1-3H3. The molecule has 0 spiro atoms. The number of thioether (sulfide) groups is 1. The van der Waals surface area contributed by atoms with Crippen LogP contribution in [0.2, 0.25) is 0 Å². The van der Waals surface area contributed by atoms with Crippen LogP contribution in [0.25, 0.3) is 5.69 Å². The van der Waals surface area contributed by atoms with Gasteiger partial charge in [-0.05, 0) is 39.0 Å². The lowest BCUT2D eigenvalue weighted by Gasteiger charge is -2.26. The van der Waals surface area contributed by atoms with E-state index in [0.29, 0.717) is 42.9 Å². The second kappa shape index (κ2) is 8.93. The third-order valence-electron chi connectivity index (χ3n) is 4.84. The lowest BCUT2D eigenvalue weighted by Crippen LogP contribution is -2.41. The Hall–Kier alpha value is -2.78. The van der Waals surface area contributed by atoms with Gasteiger partial charge in [0.15, 0.2) is 10.9 Å². The van der Waals surface area contributed by atoms with Crippen LogP contribution in [-0.2, 0) is 10.5 Å². The number of hydrogen-bond donors (Lipinski definition) is 0. The second-order valence-electron chi connectivity index (χ2n) is 7.26. The van der Waals surface area contributed by atoms with Crippen LogP contribution < -0.4 is 0 Å². The highest BCUT2D eigenvalue weighted by Gasteiger charge is 2.26. The van der Waals surface area contributed by atoms with Gasteiger partial charge in [-0.25, -0.2) is 14.6 Å². The van der Waals surface area contributed by atoms with Crippen molar-refractivity contribution in [3.05, 3.63) is 58.7 Å². The molecule has 3 aromatic rings. The van der Waals surface area contributed by atoms with Crippen molar-refractivity contribution in [2.24, 2.45) is 0 Å². The monoisotopic (exact) mass is 424 g/mol. The number of rotatable bonds is 5. The fraction of sp³-hybridized carbons (Fsp3) is 0.381. The minimum atomic E-state index is -0.117. The Morgan fingerprint density at radius 1 is 1.07 bits per heavy atom. The first-order valence-corrected chi connectivity index (χ1v) is 10.8. The highest BCUT2D eigenvalue weighted by atomic mass is 32.2. The first kappa shape index (κ1) is 20.5. The van der Waals surface area contributed by atoms with E-state index in [4.69, 9.17) is 4.74 Å². The van der Waals surface area contributed by atoms with E-state index in [1.54, 1.807) is 9.58 Å². The third-order valence-corrected chi connectivity index (χ3v) is 5.70. The Bertz CT molecular complexity index is 1020. The molecule has 1 amide bonds. The zero-order valence-corrected chi connectivity index (χ0v) is 18.1. The zero-order valence-electron chi connectivity index (χ0n) is 17.3. The van der Waals surface area contributed by atoms with Gasteiger partial charge < -0.3 is 9.64 Å². The molecule has 0 saturated carbocycles. The van der Waals surface area contributed by atoms with E-state index in [2.05, 4.69) is 20.3 Å². The van der Waals surface area contributed by atoms with E-state index < -0.39 is 0 Å². The van der Waals surface area contributed by atoms with Gasteiger partial charge in [0.05, 0.1) is 24.6 Å². The smallest absolute Gasteiger partial charge is 0.276 e. The van der Waals surface area contributed by atoms with Gasteiger partial charge in [0, 0.05) is 30.2 Å². The largest absolute Gasteiger partial charge is 0.378 e. The fourth-order valence-corrected chi connectivity index (χ4v) is 4.24. The summed E-state index contributed by atoms with van der Waals surface area (Å²) < 4.78 is 7.11. The van der Waals surface area contributed by atoms with Crippen LogP contribution in [0, 0.1) is 20.8 Å². The van der Waals surface area contributed by atoms with Crippen LogP contribution >= 0.6 is 11.8 Å². The summed E-state index contributed by atoms with van der Waals surface area (Å²) in [5.74, 6) is 0.364. The van der Waals surface area contributed by atoms with Gasteiger partial charge in [-0.1, -0.05) is 34.7 Å². The molecule has 0 aliphatic carbocycles. The number of carbonyl (C=O) groups is 1. The minimum absolute atomic E-state index is 0.117. The Morgan fingerprint density at radius 3 is 2.40 bits per heavy atom. The first-order chi connectivity index (χ1) is 14.5. The Labute approximate surface area is 179 Å². The van der Waals surface area contributed by atoms with Crippen LogP contribution in [-0.4, -0.2) is 62.1 Å². The first-order valence-electron chi connectivity index (χ1n) is 9.85. The fourth-order valence-electron chi connectivity index (χ4n) is 3.30. The van der Waals surface area contributed by atoms with Gasteiger partial charge in [0.25, 0.3) is 5.91 Å². The number of ether oxygens (including phenoxy) is 1. The molecule has 8 nitrogen and oxygen atoms in total. The Balaban J connectivity index is 1.67. The summed E-state index contributed by atoms with van der Waals surface area (Å²) in [7, 11) is 0. The summed E-state index contributed by atoms with van der Waals surface area (Å²) in [6.07, 6.45) is 0. The predicted octanol–water partition coefficient (Wildman–Crippen LogP) is 2.75. The van der Waals surface area contributed by atoms with Crippen molar-refractivity contribution in [1.82, 2.24) is 29.9 Å². The maximum absolute atomic E-state index is 13.2. The van der Waals surface area contributed by atoms with Gasteiger partial charge in [0.2, 0.25) is 0 Å².